The van der Waals surface area contributed by atoms with E-state index in [4.69, 9.17) is 9.47 Å². The van der Waals surface area contributed by atoms with Gasteiger partial charge in [0.25, 0.3) is 5.91 Å². The van der Waals surface area contributed by atoms with Gasteiger partial charge < -0.3 is 19.7 Å². The Bertz CT molecular complexity index is 968. The van der Waals surface area contributed by atoms with Gasteiger partial charge in [0.15, 0.2) is 0 Å². The molecule has 3 atom stereocenters. The number of rotatable bonds is 7. The van der Waals surface area contributed by atoms with Gasteiger partial charge >= 0.3 is 0 Å². The Labute approximate surface area is 195 Å². The van der Waals surface area contributed by atoms with Crippen molar-refractivity contribution in [2.75, 3.05) is 31.6 Å². The quantitative estimate of drug-likeness (QED) is 0.697. The molecular formula is C26H33N3O4. The molecule has 7 heteroatoms. The molecule has 2 aliphatic rings. The first-order valence-corrected chi connectivity index (χ1v) is 11.7. The van der Waals surface area contributed by atoms with E-state index in [2.05, 4.69) is 24.1 Å². The molecule has 2 aromatic carbocycles. The number of fused-ring (bicyclic) bond motifs is 1. The fourth-order valence-electron chi connectivity index (χ4n) is 4.75. The number of para-hydroxylation sites is 2. The first-order chi connectivity index (χ1) is 16.0. The van der Waals surface area contributed by atoms with Gasteiger partial charge in [0.05, 0.1) is 19.3 Å². The molecule has 7 nitrogen and oxygen atoms in total. The summed E-state index contributed by atoms with van der Waals surface area (Å²) in [6.45, 7) is 5.52. The molecule has 3 unspecified atom stereocenters. The molecule has 2 aromatic rings. The van der Waals surface area contributed by atoms with Crippen LogP contribution in [0.2, 0.25) is 0 Å². The fraction of sp³-hybridized carbons (Fsp3) is 0.462. The molecule has 2 amide bonds. The lowest BCUT2D eigenvalue weighted by molar-refractivity contribution is -0.127. The van der Waals surface area contributed by atoms with Gasteiger partial charge in [-0.05, 0) is 51.0 Å². The van der Waals surface area contributed by atoms with Crippen LogP contribution in [0, 0.1) is 0 Å². The van der Waals surface area contributed by atoms with Crippen molar-refractivity contribution in [2.24, 2.45) is 0 Å². The van der Waals surface area contributed by atoms with Crippen molar-refractivity contribution in [3.05, 3.63) is 54.1 Å². The number of amides is 2. The van der Waals surface area contributed by atoms with Gasteiger partial charge in [-0.15, -0.1) is 0 Å². The average molecular weight is 452 g/mol. The van der Waals surface area contributed by atoms with E-state index >= 15 is 0 Å². The third kappa shape index (κ3) is 5.14. The second-order valence-electron chi connectivity index (χ2n) is 8.88. The number of hydrogen-bond acceptors (Lipinski definition) is 5. The lowest BCUT2D eigenvalue weighted by atomic mass is 9.97. The monoisotopic (exact) mass is 451 g/mol. The van der Waals surface area contributed by atoms with Crippen LogP contribution in [-0.4, -0.2) is 55.5 Å². The van der Waals surface area contributed by atoms with Crippen molar-refractivity contribution >= 4 is 17.5 Å². The van der Waals surface area contributed by atoms with Gasteiger partial charge in [0.2, 0.25) is 12.0 Å². The molecule has 2 heterocycles. The van der Waals surface area contributed by atoms with Crippen molar-refractivity contribution < 1.29 is 19.1 Å². The topological polar surface area (TPSA) is 71.1 Å². The number of carbonyl (C=O) groups excluding carboxylic acids is 2. The van der Waals surface area contributed by atoms with Crippen molar-refractivity contribution in [1.82, 2.24) is 10.2 Å². The van der Waals surface area contributed by atoms with Crippen molar-refractivity contribution in [1.29, 1.82) is 0 Å². The summed E-state index contributed by atoms with van der Waals surface area (Å²) in [6.07, 6.45) is 2.73. The van der Waals surface area contributed by atoms with Crippen LogP contribution in [0.1, 0.15) is 44.8 Å². The summed E-state index contributed by atoms with van der Waals surface area (Å²) in [6, 6.07) is 15.7. The molecule has 1 fully saturated rings. The van der Waals surface area contributed by atoms with E-state index in [1.807, 2.05) is 48.5 Å². The van der Waals surface area contributed by atoms with Crippen LogP contribution in [0.25, 0.3) is 0 Å². The van der Waals surface area contributed by atoms with E-state index in [0.717, 1.165) is 29.8 Å². The summed E-state index contributed by atoms with van der Waals surface area (Å²) in [4.78, 5) is 30.0. The Morgan fingerprint density at radius 3 is 2.48 bits per heavy atom. The predicted molar refractivity (Wildman–Crippen MR) is 128 cm³/mol. The summed E-state index contributed by atoms with van der Waals surface area (Å²) in [7, 11) is 1.61. The lowest BCUT2D eigenvalue weighted by Crippen LogP contribution is -2.50. The number of hydrogen-bond donors (Lipinski definition) is 1. The second kappa shape index (κ2) is 10.3. The predicted octanol–water partition coefficient (Wildman–Crippen LogP) is 3.54. The maximum Gasteiger partial charge on any atom is 0.272 e. The molecule has 0 aromatic heterocycles. The van der Waals surface area contributed by atoms with Crippen molar-refractivity contribution in [2.45, 2.75) is 51.3 Å². The lowest BCUT2D eigenvalue weighted by Gasteiger charge is -2.38. The molecule has 4 rings (SSSR count). The van der Waals surface area contributed by atoms with Crippen LogP contribution < -0.4 is 19.7 Å². The summed E-state index contributed by atoms with van der Waals surface area (Å²) >= 11 is 0. The van der Waals surface area contributed by atoms with Gasteiger partial charge in [-0.1, -0.05) is 30.7 Å². The zero-order valence-electron chi connectivity index (χ0n) is 19.6. The fourth-order valence-corrected chi connectivity index (χ4v) is 4.75. The molecular weight excluding hydrogens is 418 g/mol. The van der Waals surface area contributed by atoms with E-state index in [-0.39, 0.29) is 11.8 Å². The van der Waals surface area contributed by atoms with Gasteiger partial charge in [-0.2, -0.15) is 0 Å². The van der Waals surface area contributed by atoms with E-state index in [9.17, 15) is 9.59 Å². The zero-order chi connectivity index (χ0) is 23.4. The molecule has 0 bridgehead atoms. The highest BCUT2D eigenvalue weighted by Crippen LogP contribution is 2.38. The highest BCUT2D eigenvalue weighted by molar-refractivity contribution is 6.00. The normalized spacial score (nSPS) is 22.9. The van der Waals surface area contributed by atoms with Crippen LogP contribution in [-0.2, 0) is 9.59 Å². The number of piperidine rings is 1. The van der Waals surface area contributed by atoms with Crippen LogP contribution in [0.15, 0.2) is 48.5 Å². The summed E-state index contributed by atoms with van der Waals surface area (Å²) < 4.78 is 11.3. The molecule has 1 saturated heterocycles. The summed E-state index contributed by atoms with van der Waals surface area (Å²) in [5.41, 5.74) is 1.48. The average Bonchev–Trinajstić information content (AvgIpc) is 2.83. The number of methoxy groups -OCH3 is 1. The van der Waals surface area contributed by atoms with Gasteiger partial charge in [0, 0.05) is 30.7 Å². The minimum Gasteiger partial charge on any atom is -0.497 e. The largest absolute Gasteiger partial charge is 0.497 e. The number of ether oxygens (including phenoxy) is 2. The Balaban J connectivity index is 1.42. The maximum atomic E-state index is 13.4. The minimum absolute atomic E-state index is 0.00343. The Morgan fingerprint density at radius 1 is 1.09 bits per heavy atom. The van der Waals surface area contributed by atoms with E-state index in [0.29, 0.717) is 37.5 Å². The molecule has 1 N–H and O–H groups in total. The first kappa shape index (κ1) is 23.1. The molecule has 0 saturated carbocycles. The van der Waals surface area contributed by atoms with Crippen LogP contribution in [0.5, 0.6) is 11.5 Å². The third-order valence-electron chi connectivity index (χ3n) is 6.67. The molecule has 0 aliphatic carbocycles. The Hall–Kier alpha value is -3.06. The highest BCUT2D eigenvalue weighted by atomic mass is 16.5. The highest BCUT2D eigenvalue weighted by Gasteiger charge is 2.35. The van der Waals surface area contributed by atoms with Gasteiger partial charge in [-0.3, -0.25) is 14.5 Å². The number of likely N-dealkylation sites (tertiary alicyclic amines) is 1. The number of nitrogens with one attached hydrogen (secondary N) is 1. The standard InChI is InChI=1S/C26H33N3O4/c1-18-7-6-8-19(2)29(18)17-24(30)27-15-16-28-22-9-4-5-10-23(22)33-25(26(28)31)20-11-13-21(32-3)14-12-20/h4-5,9-14,18-19,25H,6-8,15-17H2,1-3H3,(H,27,30). The number of nitrogens with zero attached hydrogens (tertiary/aromatic N) is 2. The summed E-state index contributed by atoms with van der Waals surface area (Å²) in [5, 5.41) is 3.01. The van der Waals surface area contributed by atoms with E-state index in [1.165, 1.54) is 6.42 Å². The smallest absolute Gasteiger partial charge is 0.272 e. The zero-order valence-corrected chi connectivity index (χ0v) is 19.6. The second-order valence-corrected chi connectivity index (χ2v) is 8.88. The number of anilines is 1. The molecule has 33 heavy (non-hydrogen) atoms. The Kier molecular flexibility index (Phi) is 7.18. The van der Waals surface area contributed by atoms with Crippen LogP contribution in [0.3, 0.4) is 0 Å². The van der Waals surface area contributed by atoms with Gasteiger partial charge in [-0.25, -0.2) is 0 Å². The molecule has 0 radical (unpaired) electrons. The molecule has 0 spiro atoms. The Morgan fingerprint density at radius 2 is 1.79 bits per heavy atom. The van der Waals surface area contributed by atoms with Crippen molar-refractivity contribution in [3.8, 4) is 11.5 Å². The van der Waals surface area contributed by atoms with Crippen molar-refractivity contribution in [3.63, 3.8) is 0 Å². The first-order valence-electron chi connectivity index (χ1n) is 11.7. The van der Waals surface area contributed by atoms with Crippen LogP contribution >= 0.6 is 0 Å². The van der Waals surface area contributed by atoms with Gasteiger partial charge in [0.1, 0.15) is 11.5 Å². The number of carbonyl (C=O) groups is 2. The SMILES string of the molecule is COc1ccc(C2Oc3ccccc3N(CCNC(=O)CN3C(C)CCCC3C)C2=O)cc1. The third-order valence-corrected chi connectivity index (χ3v) is 6.67. The maximum absolute atomic E-state index is 13.4. The van der Waals surface area contributed by atoms with Crippen LogP contribution in [0.4, 0.5) is 5.69 Å². The number of benzene rings is 2. The van der Waals surface area contributed by atoms with E-state index in [1.54, 1.807) is 12.0 Å². The molecule has 2 aliphatic heterocycles. The molecule has 176 valence electrons. The summed E-state index contributed by atoms with van der Waals surface area (Å²) in [5.74, 6) is 1.22. The minimum atomic E-state index is -0.739. The van der Waals surface area contributed by atoms with E-state index < -0.39 is 6.10 Å².